The van der Waals surface area contributed by atoms with E-state index in [1.807, 2.05) is 11.8 Å². The molecule has 2 atom stereocenters. The molecule has 0 heterocycles. The summed E-state index contributed by atoms with van der Waals surface area (Å²) in [6, 6.07) is 8.81. The summed E-state index contributed by atoms with van der Waals surface area (Å²) in [6.45, 7) is 9.41. The molecule has 0 aromatic heterocycles. The molecule has 0 radical (unpaired) electrons. The van der Waals surface area contributed by atoms with Crippen LogP contribution in [0.4, 0.5) is 0 Å². The van der Waals surface area contributed by atoms with E-state index in [2.05, 4.69) is 57.3 Å². The first-order chi connectivity index (χ1) is 9.52. The van der Waals surface area contributed by atoms with Gasteiger partial charge >= 0.3 is 0 Å². The lowest BCUT2D eigenvalue weighted by Gasteiger charge is -2.17. The summed E-state index contributed by atoms with van der Waals surface area (Å²) in [5.41, 5.74) is 2.34. The van der Waals surface area contributed by atoms with Crippen molar-refractivity contribution in [1.29, 1.82) is 0 Å². The van der Waals surface area contributed by atoms with Crippen LogP contribution in [-0.2, 0) is 6.42 Å². The van der Waals surface area contributed by atoms with Gasteiger partial charge in [-0.15, -0.1) is 0 Å². The Morgan fingerprint density at radius 3 is 2.35 bits per heavy atom. The third-order valence-corrected chi connectivity index (χ3v) is 4.38. The number of rotatable bonds is 9. The van der Waals surface area contributed by atoms with Gasteiger partial charge in [0.25, 0.3) is 0 Å². The van der Waals surface area contributed by atoms with Crippen LogP contribution in [0, 0.1) is 5.92 Å². The monoisotopic (exact) mass is 295 g/mol. The zero-order chi connectivity index (χ0) is 15.0. The summed E-state index contributed by atoms with van der Waals surface area (Å²) in [4.78, 5) is 0. The lowest BCUT2D eigenvalue weighted by Crippen LogP contribution is -2.32. The summed E-state index contributed by atoms with van der Waals surface area (Å²) in [7, 11) is 0. The Hall–Kier alpha value is -0.510. The zero-order valence-corrected chi connectivity index (χ0v) is 14.0. The molecule has 0 aliphatic carbocycles. The maximum absolute atomic E-state index is 10.2. The Labute approximate surface area is 128 Å². The van der Waals surface area contributed by atoms with Crippen molar-refractivity contribution < 1.29 is 5.11 Å². The second-order valence-electron chi connectivity index (χ2n) is 5.82. The van der Waals surface area contributed by atoms with E-state index < -0.39 is 6.10 Å². The highest BCUT2D eigenvalue weighted by atomic mass is 32.2. The molecular formula is C17H29NOS. The normalized spacial score (nSPS) is 14.5. The van der Waals surface area contributed by atoms with E-state index >= 15 is 0 Å². The topological polar surface area (TPSA) is 32.3 Å². The maximum Gasteiger partial charge on any atom is 0.0914 e. The predicted octanol–water partition coefficient (Wildman–Crippen LogP) is 3.65. The molecule has 0 spiro atoms. The molecule has 0 saturated carbocycles. The zero-order valence-electron chi connectivity index (χ0n) is 13.2. The summed E-state index contributed by atoms with van der Waals surface area (Å²) in [5, 5.41) is 13.6. The first-order valence-electron chi connectivity index (χ1n) is 7.61. The third-order valence-electron chi connectivity index (χ3n) is 3.24. The molecule has 0 saturated heterocycles. The molecule has 114 valence electrons. The number of aliphatic hydroxyl groups is 1. The van der Waals surface area contributed by atoms with Gasteiger partial charge in [-0.25, -0.2) is 0 Å². The molecule has 0 amide bonds. The van der Waals surface area contributed by atoms with Crippen molar-refractivity contribution in [3.63, 3.8) is 0 Å². The number of hydrogen-bond donors (Lipinski definition) is 2. The van der Waals surface area contributed by atoms with Gasteiger partial charge in [0, 0.05) is 18.3 Å². The van der Waals surface area contributed by atoms with E-state index in [9.17, 15) is 5.11 Å². The highest BCUT2D eigenvalue weighted by molar-refractivity contribution is 7.99. The average molecular weight is 295 g/mol. The van der Waals surface area contributed by atoms with Crippen molar-refractivity contribution >= 4 is 11.8 Å². The van der Waals surface area contributed by atoms with Gasteiger partial charge < -0.3 is 10.4 Å². The van der Waals surface area contributed by atoms with Gasteiger partial charge in [0.05, 0.1) is 6.10 Å². The lowest BCUT2D eigenvalue weighted by molar-refractivity contribution is 0.172. The van der Waals surface area contributed by atoms with Gasteiger partial charge in [0.1, 0.15) is 0 Å². The van der Waals surface area contributed by atoms with E-state index in [4.69, 9.17) is 0 Å². The van der Waals surface area contributed by atoms with E-state index in [0.717, 1.165) is 23.5 Å². The fourth-order valence-electron chi connectivity index (χ4n) is 2.13. The minimum atomic E-state index is -0.419. The van der Waals surface area contributed by atoms with E-state index in [1.165, 1.54) is 5.56 Å². The minimum absolute atomic E-state index is 0.419. The van der Waals surface area contributed by atoms with Crippen LogP contribution in [0.1, 0.15) is 44.9 Å². The van der Waals surface area contributed by atoms with Crippen LogP contribution >= 0.6 is 11.8 Å². The fraction of sp³-hybridized carbons (Fsp3) is 0.647. The predicted molar refractivity (Wildman–Crippen MR) is 90.4 cm³/mol. The molecule has 3 heteroatoms. The lowest BCUT2D eigenvalue weighted by atomic mass is 10.0. The third kappa shape index (κ3) is 6.78. The van der Waals surface area contributed by atoms with Gasteiger partial charge in [-0.1, -0.05) is 45.0 Å². The molecule has 1 aromatic rings. The Bertz CT molecular complexity index is 364. The number of nitrogens with one attached hydrogen (secondary N) is 1. The first kappa shape index (κ1) is 17.5. The van der Waals surface area contributed by atoms with Crippen LogP contribution in [-0.4, -0.2) is 29.2 Å². The molecular weight excluding hydrogens is 266 g/mol. The number of hydrogen-bond acceptors (Lipinski definition) is 3. The smallest absolute Gasteiger partial charge is 0.0914 e. The minimum Gasteiger partial charge on any atom is -0.387 e. The molecule has 0 fully saturated rings. The van der Waals surface area contributed by atoms with Crippen LogP contribution in [0.25, 0.3) is 0 Å². The number of thioether (sulfide) groups is 1. The summed E-state index contributed by atoms with van der Waals surface area (Å²) < 4.78 is 0. The molecule has 2 unspecified atom stereocenters. The van der Waals surface area contributed by atoms with Crippen LogP contribution in [0.15, 0.2) is 24.3 Å². The second-order valence-corrected chi connectivity index (χ2v) is 7.14. The molecule has 0 aliphatic heterocycles. The van der Waals surface area contributed by atoms with Gasteiger partial charge in [-0.3, -0.25) is 0 Å². The second kappa shape index (κ2) is 9.43. The SMILES string of the molecule is CCSCC(C)NCC(O)c1ccc(CC(C)C)cc1. The van der Waals surface area contributed by atoms with Gasteiger partial charge in [0.15, 0.2) is 0 Å². The number of aliphatic hydroxyl groups excluding tert-OH is 1. The quantitative estimate of drug-likeness (QED) is 0.729. The van der Waals surface area contributed by atoms with Crippen LogP contribution < -0.4 is 5.32 Å². The van der Waals surface area contributed by atoms with Crippen LogP contribution in [0.5, 0.6) is 0 Å². The van der Waals surface area contributed by atoms with E-state index in [1.54, 1.807) is 0 Å². The average Bonchev–Trinajstić information content (AvgIpc) is 2.42. The fourth-order valence-corrected chi connectivity index (χ4v) is 2.84. The molecule has 0 aliphatic rings. The maximum atomic E-state index is 10.2. The van der Waals surface area contributed by atoms with Gasteiger partial charge in [-0.2, -0.15) is 11.8 Å². The molecule has 20 heavy (non-hydrogen) atoms. The Morgan fingerprint density at radius 2 is 1.80 bits per heavy atom. The van der Waals surface area contributed by atoms with Crippen LogP contribution in [0.2, 0.25) is 0 Å². The van der Waals surface area contributed by atoms with Crippen molar-refractivity contribution in [2.24, 2.45) is 5.92 Å². The van der Waals surface area contributed by atoms with Crippen molar-refractivity contribution in [2.75, 3.05) is 18.1 Å². The summed E-state index contributed by atoms with van der Waals surface area (Å²) >= 11 is 1.93. The van der Waals surface area contributed by atoms with Gasteiger partial charge in [-0.05, 0) is 36.1 Å². The Kier molecular flexibility index (Phi) is 8.27. The van der Waals surface area contributed by atoms with E-state index in [-0.39, 0.29) is 0 Å². The summed E-state index contributed by atoms with van der Waals surface area (Å²) in [5.74, 6) is 2.91. The first-order valence-corrected chi connectivity index (χ1v) is 8.76. The van der Waals surface area contributed by atoms with E-state index in [0.29, 0.717) is 18.5 Å². The molecule has 1 aromatic carbocycles. The standard InChI is InChI=1S/C17H29NOS/c1-5-20-12-14(4)18-11-17(19)16-8-6-15(7-9-16)10-13(2)3/h6-9,13-14,17-19H,5,10-12H2,1-4H3. The largest absolute Gasteiger partial charge is 0.387 e. The highest BCUT2D eigenvalue weighted by Gasteiger charge is 2.09. The summed E-state index contributed by atoms with van der Waals surface area (Å²) in [6.07, 6.45) is 0.678. The van der Waals surface area contributed by atoms with Crippen molar-refractivity contribution in [3.8, 4) is 0 Å². The highest BCUT2D eigenvalue weighted by Crippen LogP contribution is 2.15. The molecule has 2 nitrogen and oxygen atoms in total. The molecule has 2 N–H and O–H groups in total. The number of benzene rings is 1. The molecule has 1 rings (SSSR count). The Morgan fingerprint density at radius 1 is 1.15 bits per heavy atom. The van der Waals surface area contributed by atoms with Crippen LogP contribution in [0.3, 0.4) is 0 Å². The Balaban J connectivity index is 2.41. The van der Waals surface area contributed by atoms with Crippen molar-refractivity contribution in [3.05, 3.63) is 35.4 Å². The van der Waals surface area contributed by atoms with Gasteiger partial charge in [0.2, 0.25) is 0 Å². The van der Waals surface area contributed by atoms with Crippen molar-refractivity contribution in [1.82, 2.24) is 5.32 Å². The molecule has 0 bridgehead atoms. The van der Waals surface area contributed by atoms with Crippen molar-refractivity contribution in [2.45, 2.75) is 46.3 Å².